The van der Waals surface area contributed by atoms with Gasteiger partial charge in [-0.3, -0.25) is 0 Å². The zero-order valence-corrected chi connectivity index (χ0v) is 6.68. The van der Waals surface area contributed by atoms with Crippen molar-refractivity contribution in [1.82, 2.24) is 0 Å². The van der Waals surface area contributed by atoms with E-state index in [4.69, 9.17) is 0 Å². The van der Waals surface area contributed by atoms with Crippen LogP contribution in [0, 0.1) is 11.8 Å². The standard InChI is InChI=1S/C8H17O/c1-4-8(5-6-9)7(2)3/h7-8H,4-6H2,1-3H3. The summed E-state index contributed by atoms with van der Waals surface area (Å²) in [6, 6.07) is 0. The van der Waals surface area contributed by atoms with Crippen LogP contribution in [-0.4, -0.2) is 6.61 Å². The van der Waals surface area contributed by atoms with Crippen molar-refractivity contribution in [2.45, 2.75) is 33.6 Å². The van der Waals surface area contributed by atoms with E-state index in [0.29, 0.717) is 11.8 Å². The minimum atomic E-state index is 0.0939. The van der Waals surface area contributed by atoms with Gasteiger partial charge < -0.3 is 0 Å². The lowest BCUT2D eigenvalue weighted by molar-refractivity contribution is 0.156. The second-order valence-corrected chi connectivity index (χ2v) is 2.91. The normalized spacial score (nSPS) is 14.3. The lowest BCUT2D eigenvalue weighted by atomic mass is 9.91. The van der Waals surface area contributed by atoms with Crippen LogP contribution < -0.4 is 0 Å². The third-order valence-electron chi connectivity index (χ3n) is 1.96. The maximum absolute atomic E-state index is 10.2. The molecular weight excluding hydrogens is 112 g/mol. The molecule has 9 heavy (non-hydrogen) atoms. The molecule has 1 nitrogen and oxygen atoms in total. The molecule has 0 amide bonds. The van der Waals surface area contributed by atoms with Gasteiger partial charge in [0.1, 0.15) is 0 Å². The van der Waals surface area contributed by atoms with Crippen molar-refractivity contribution >= 4 is 0 Å². The van der Waals surface area contributed by atoms with Crippen molar-refractivity contribution in [3.8, 4) is 0 Å². The van der Waals surface area contributed by atoms with E-state index in [1.165, 1.54) is 0 Å². The minimum absolute atomic E-state index is 0.0939. The Hall–Kier alpha value is -0.0400. The molecule has 0 aliphatic carbocycles. The van der Waals surface area contributed by atoms with Gasteiger partial charge in [0.05, 0.1) is 6.61 Å². The highest BCUT2D eigenvalue weighted by atomic mass is 16.3. The number of hydrogen-bond acceptors (Lipinski definition) is 0. The molecule has 0 rings (SSSR count). The van der Waals surface area contributed by atoms with Crippen molar-refractivity contribution in [3.05, 3.63) is 0 Å². The number of hydrogen-bond donors (Lipinski definition) is 0. The first kappa shape index (κ1) is 8.96. The van der Waals surface area contributed by atoms with Crippen LogP contribution in [0.15, 0.2) is 0 Å². The third kappa shape index (κ3) is 3.52. The van der Waals surface area contributed by atoms with Crippen molar-refractivity contribution < 1.29 is 5.11 Å². The Kier molecular flexibility index (Phi) is 4.78. The van der Waals surface area contributed by atoms with E-state index >= 15 is 0 Å². The highest BCUT2D eigenvalue weighted by Crippen LogP contribution is 2.17. The summed E-state index contributed by atoms with van der Waals surface area (Å²) >= 11 is 0. The topological polar surface area (TPSA) is 19.9 Å². The summed E-state index contributed by atoms with van der Waals surface area (Å²) in [6.07, 6.45) is 2.01. The first-order chi connectivity index (χ1) is 4.22. The molecule has 0 spiro atoms. The molecule has 1 unspecified atom stereocenters. The maximum Gasteiger partial charge on any atom is 0.0825 e. The Labute approximate surface area is 58.1 Å². The summed E-state index contributed by atoms with van der Waals surface area (Å²) in [5.74, 6) is 1.34. The quantitative estimate of drug-likeness (QED) is 0.555. The van der Waals surface area contributed by atoms with Crippen molar-refractivity contribution in [3.63, 3.8) is 0 Å². The highest BCUT2D eigenvalue weighted by Gasteiger charge is 2.09. The summed E-state index contributed by atoms with van der Waals surface area (Å²) < 4.78 is 0. The summed E-state index contributed by atoms with van der Waals surface area (Å²) in [5.41, 5.74) is 0. The molecule has 0 aliphatic heterocycles. The lowest BCUT2D eigenvalue weighted by Gasteiger charge is -2.16. The minimum Gasteiger partial charge on any atom is -0.237 e. The molecule has 1 atom stereocenters. The van der Waals surface area contributed by atoms with Gasteiger partial charge in [-0.15, -0.1) is 0 Å². The first-order valence-corrected chi connectivity index (χ1v) is 3.80. The molecule has 55 valence electrons. The lowest BCUT2D eigenvalue weighted by Crippen LogP contribution is -2.08. The molecule has 1 radical (unpaired) electrons. The summed E-state index contributed by atoms with van der Waals surface area (Å²) in [7, 11) is 0. The zero-order chi connectivity index (χ0) is 7.28. The van der Waals surface area contributed by atoms with Crippen LogP contribution in [0.1, 0.15) is 33.6 Å². The second kappa shape index (κ2) is 4.80. The Bertz CT molecular complexity index is 59.6. The van der Waals surface area contributed by atoms with E-state index in [-0.39, 0.29) is 6.61 Å². The Morgan fingerprint density at radius 2 is 1.89 bits per heavy atom. The fourth-order valence-corrected chi connectivity index (χ4v) is 1.16. The van der Waals surface area contributed by atoms with Crippen LogP contribution in [0.5, 0.6) is 0 Å². The van der Waals surface area contributed by atoms with Crippen LogP contribution in [0.4, 0.5) is 0 Å². The van der Waals surface area contributed by atoms with Gasteiger partial charge in [0, 0.05) is 0 Å². The van der Waals surface area contributed by atoms with E-state index in [1.54, 1.807) is 0 Å². The van der Waals surface area contributed by atoms with Crippen LogP contribution in [0.25, 0.3) is 0 Å². The molecule has 0 N–H and O–H groups in total. The molecule has 0 aliphatic rings. The van der Waals surface area contributed by atoms with E-state index in [1.807, 2.05) is 0 Å². The average Bonchev–Trinajstić information content (AvgIpc) is 1.82. The summed E-state index contributed by atoms with van der Waals surface area (Å²) in [6.45, 7) is 6.62. The van der Waals surface area contributed by atoms with Crippen LogP contribution in [0.2, 0.25) is 0 Å². The smallest absolute Gasteiger partial charge is 0.0825 e. The van der Waals surface area contributed by atoms with Crippen LogP contribution >= 0.6 is 0 Å². The van der Waals surface area contributed by atoms with Gasteiger partial charge in [-0.2, -0.15) is 0 Å². The Balaban J connectivity index is 3.41. The number of rotatable bonds is 4. The third-order valence-corrected chi connectivity index (χ3v) is 1.96. The van der Waals surface area contributed by atoms with E-state index < -0.39 is 0 Å². The fourth-order valence-electron chi connectivity index (χ4n) is 1.16. The predicted molar refractivity (Wildman–Crippen MR) is 38.8 cm³/mol. The monoisotopic (exact) mass is 129 g/mol. The van der Waals surface area contributed by atoms with Crippen molar-refractivity contribution in [2.75, 3.05) is 6.61 Å². The molecule has 0 aromatic carbocycles. The maximum atomic E-state index is 10.2. The van der Waals surface area contributed by atoms with Gasteiger partial charge >= 0.3 is 0 Å². The van der Waals surface area contributed by atoms with Crippen LogP contribution in [-0.2, 0) is 5.11 Å². The fraction of sp³-hybridized carbons (Fsp3) is 1.00. The van der Waals surface area contributed by atoms with Gasteiger partial charge in [0.25, 0.3) is 0 Å². The highest BCUT2D eigenvalue weighted by molar-refractivity contribution is 4.59. The van der Waals surface area contributed by atoms with E-state index in [0.717, 1.165) is 12.8 Å². The van der Waals surface area contributed by atoms with E-state index in [2.05, 4.69) is 20.8 Å². The SMILES string of the molecule is CCC(CC[O])C(C)C. The Morgan fingerprint density at radius 3 is 2.00 bits per heavy atom. The largest absolute Gasteiger partial charge is 0.237 e. The molecule has 0 aromatic heterocycles. The van der Waals surface area contributed by atoms with Crippen LogP contribution in [0.3, 0.4) is 0 Å². The summed E-state index contributed by atoms with van der Waals surface area (Å²) in [4.78, 5) is 0. The van der Waals surface area contributed by atoms with Gasteiger partial charge in [0.15, 0.2) is 0 Å². The van der Waals surface area contributed by atoms with Gasteiger partial charge in [-0.25, -0.2) is 5.11 Å². The van der Waals surface area contributed by atoms with Gasteiger partial charge in [-0.05, 0) is 18.3 Å². The second-order valence-electron chi connectivity index (χ2n) is 2.91. The van der Waals surface area contributed by atoms with Gasteiger partial charge in [-0.1, -0.05) is 27.2 Å². The molecule has 0 saturated heterocycles. The van der Waals surface area contributed by atoms with E-state index in [9.17, 15) is 5.11 Å². The zero-order valence-electron chi connectivity index (χ0n) is 6.68. The Morgan fingerprint density at radius 1 is 1.33 bits per heavy atom. The predicted octanol–water partition coefficient (Wildman–Crippen LogP) is 2.49. The van der Waals surface area contributed by atoms with Crippen molar-refractivity contribution in [2.24, 2.45) is 11.8 Å². The first-order valence-electron chi connectivity index (χ1n) is 3.80. The average molecular weight is 129 g/mol. The molecule has 0 heterocycles. The molecule has 0 saturated carbocycles. The van der Waals surface area contributed by atoms with Crippen molar-refractivity contribution in [1.29, 1.82) is 0 Å². The summed E-state index contributed by atoms with van der Waals surface area (Å²) in [5, 5.41) is 10.2. The molecule has 1 heteroatoms. The molecule has 0 fully saturated rings. The molecule has 0 bridgehead atoms. The molecular formula is C8H17O. The van der Waals surface area contributed by atoms with Gasteiger partial charge in [0.2, 0.25) is 0 Å². The molecule has 0 aromatic rings.